The minimum absolute atomic E-state index is 0.0514. The number of nitrogens with zero attached hydrogens (tertiary/aromatic N) is 10. The van der Waals surface area contributed by atoms with Gasteiger partial charge in [-0.15, -0.1) is 0 Å². The Labute approximate surface area is 402 Å². The van der Waals surface area contributed by atoms with Crippen LogP contribution >= 0.6 is 0 Å². The van der Waals surface area contributed by atoms with Crippen LogP contribution in [-0.4, -0.2) is 191 Å². The summed E-state index contributed by atoms with van der Waals surface area (Å²) in [6.45, 7) is 14.8. The van der Waals surface area contributed by atoms with E-state index in [1.807, 2.05) is 72.8 Å². The molecule has 0 spiro atoms. The zero-order chi connectivity index (χ0) is 48.0. The molecule has 4 aromatic rings. The molecular formula is C50H72N12O6. The first-order valence-corrected chi connectivity index (χ1v) is 24.0. The van der Waals surface area contributed by atoms with Crippen LogP contribution in [0.2, 0.25) is 0 Å². The summed E-state index contributed by atoms with van der Waals surface area (Å²) in [4.78, 5) is 83.4. The summed E-state index contributed by atoms with van der Waals surface area (Å²) < 4.78 is 10.7. The van der Waals surface area contributed by atoms with Crippen molar-refractivity contribution in [1.82, 2.24) is 60.0 Å². The molecule has 0 unspecified atom stereocenters. The quantitative estimate of drug-likeness (QED) is 0.0876. The molecular weight excluding hydrogens is 865 g/mol. The van der Waals surface area contributed by atoms with Crippen molar-refractivity contribution in [3.05, 3.63) is 120 Å². The number of aromatic nitrogens is 4. The number of nitrogens with one attached hydrogen (secondary N) is 2. The van der Waals surface area contributed by atoms with E-state index in [-0.39, 0.29) is 36.8 Å². The molecule has 0 aliphatic carbocycles. The Morgan fingerprint density at radius 2 is 0.794 bits per heavy atom. The van der Waals surface area contributed by atoms with Crippen LogP contribution in [0.3, 0.4) is 0 Å². The van der Waals surface area contributed by atoms with E-state index < -0.39 is 0 Å². The Bertz CT molecular complexity index is 1780. The van der Waals surface area contributed by atoms with Gasteiger partial charge in [-0.2, -0.15) is 0 Å². The van der Waals surface area contributed by atoms with E-state index in [1.165, 1.54) is 0 Å². The molecule has 2 amide bonds. The van der Waals surface area contributed by atoms with Crippen molar-refractivity contribution in [2.75, 3.05) is 118 Å². The van der Waals surface area contributed by atoms with Gasteiger partial charge in [-0.3, -0.25) is 58.7 Å². The van der Waals surface area contributed by atoms with Crippen molar-refractivity contribution in [1.29, 1.82) is 0 Å². The van der Waals surface area contributed by atoms with Gasteiger partial charge in [-0.25, -0.2) is 0 Å². The van der Waals surface area contributed by atoms with Crippen LogP contribution in [0.4, 0.5) is 0 Å². The molecule has 5 rings (SSSR count). The molecule has 2 N–H and O–H groups in total. The normalized spacial score (nSPS) is 14.8. The van der Waals surface area contributed by atoms with Crippen molar-refractivity contribution in [3.63, 3.8) is 0 Å². The van der Waals surface area contributed by atoms with Gasteiger partial charge in [0.1, 0.15) is 0 Å². The van der Waals surface area contributed by atoms with Crippen LogP contribution in [0, 0.1) is 0 Å². The Balaban J connectivity index is 1.15. The Morgan fingerprint density at radius 3 is 1.07 bits per heavy atom. The predicted molar refractivity (Wildman–Crippen MR) is 259 cm³/mol. The summed E-state index contributed by atoms with van der Waals surface area (Å²) >= 11 is 0. The van der Waals surface area contributed by atoms with Gasteiger partial charge >= 0.3 is 11.9 Å². The predicted octanol–water partition coefficient (Wildman–Crippen LogP) is 2.33. The SMILES string of the molecule is CCOC(=O)CN1CCN(CCC(=O)NCCN(Cc2ccccn2)Cc2ccccn2)CCN(CC(=O)OCC)CCN(CCC(=O)NCCN(Cc2ccccn2)Cc2ccccn2)CC1. The first-order chi connectivity index (χ1) is 33.2. The van der Waals surface area contributed by atoms with E-state index in [1.54, 1.807) is 38.6 Å². The first kappa shape index (κ1) is 53.2. The zero-order valence-corrected chi connectivity index (χ0v) is 40.1. The third-order valence-electron chi connectivity index (χ3n) is 11.5. The molecule has 18 nitrogen and oxygen atoms in total. The van der Waals surface area contributed by atoms with E-state index in [4.69, 9.17) is 9.47 Å². The molecule has 1 fully saturated rings. The summed E-state index contributed by atoms with van der Waals surface area (Å²) in [7, 11) is 0. The molecule has 4 aromatic heterocycles. The van der Waals surface area contributed by atoms with Crippen LogP contribution in [0.5, 0.6) is 0 Å². The fraction of sp³-hybridized carbons (Fsp3) is 0.520. The monoisotopic (exact) mass is 937 g/mol. The van der Waals surface area contributed by atoms with Gasteiger partial charge in [0.25, 0.3) is 0 Å². The van der Waals surface area contributed by atoms with Gasteiger partial charge < -0.3 is 29.9 Å². The molecule has 1 aliphatic heterocycles. The minimum Gasteiger partial charge on any atom is -0.465 e. The summed E-state index contributed by atoms with van der Waals surface area (Å²) in [5.41, 5.74) is 3.77. The fourth-order valence-corrected chi connectivity index (χ4v) is 7.83. The average molecular weight is 937 g/mol. The highest BCUT2D eigenvalue weighted by atomic mass is 16.5. The lowest BCUT2D eigenvalue weighted by atomic mass is 10.2. The molecule has 5 heterocycles. The van der Waals surface area contributed by atoms with Gasteiger partial charge in [-0.1, -0.05) is 24.3 Å². The highest BCUT2D eigenvalue weighted by Gasteiger charge is 2.21. The van der Waals surface area contributed by atoms with Crippen LogP contribution in [0.25, 0.3) is 0 Å². The second kappa shape index (κ2) is 31.3. The number of esters is 2. The molecule has 0 radical (unpaired) electrons. The molecule has 68 heavy (non-hydrogen) atoms. The van der Waals surface area contributed by atoms with Crippen LogP contribution in [0.1, 0.15) is 49.5 Å². The largest absolute Gasteiger partial charge is 0.465 e. The molecule has 18 heteroatoms. The molecule has 0 saturated carbocycles. The molecule has 1 saturated heterocycles. The maximum Gasteiger partial charge on any atom is 0.320 e. The number of ether oxygens (including phenoxy) is 2. The maximum atomic E-state index is 13.3. The molecule has 0 atom stereocenters. The van der Waals surface area contributed by atoms with Crippen LogP contribution in [0.15, 0.2) is 97.6 Å². The zero-order valence-electron chi connectivity index (χ0n) is 40.1. The lowest BCUT2D eigenvalue weighted by molar-refractivity contribution is -0.145. The van der Waals surface area contributed by atoms with Gasteiger partial charge in [0, 0.05) is 155 Å². The van der Waals surface area contributed by atoms with E-state index in [0.717, 1.165) is 22.8 Å². The second-order valence-electron chi connectivity index (χ2n) is 16.8. The second-order valence-corrected chi connectivity index (χ2v) is 16.8. The number of carbonyl (C=O) groups excluding carboxylic acids is 4. The smallest absolute Gasteiger partial charge is 0.320 e. The summed E-state index contributed by atoms with van der Waals surface area (Å²) in [6, 6.07) is 23.4. The number of hydrogen-bond acceptors (Lipinski definition) is 16. The van der Waals surface area contributed by atoms with Gasteiger partial charge in [0.05, 0.1) is 49.1 Å². The first-order valence-electron chi connectivity index (χ1n) is 24.0. The van der Waals surface area contributed by atoms with Gasteiger partial charge in [0.15, 0.2) is 0 Å². The third kappa shape index (κ3) is 21.9. The summed E-state index contributed by atoms with van der Waals surface area (Å²) in [5.74, 6) is -0.691. The Morgan fingerprint density at radius 1 is 0.485 bits per heavy atom. The van der Waals surface area contributed by atoms with Crippen molar-refractivity contribution in [3.8, 4) is 0 Å². The average Bonchev–Trinajstić information content (AvgIpc) is 3.34. The molecule has 368 valence electrons. The van der Waals surface area contributed by atoms with E-state index in [9.17, 15) is 19.2 Å². The fourth-order valence-electron chi connectivity index (χ4n) is 7.83. The lowest BCUT2D eigenvalue weighted by Gasteiger charge is -2.33. The van der Waals surface area contributed by atoms with E-state index in [2.05, 4.69) is 60.0 Å². The topological polar surface area (TPSA) is 182 Å². The number of carbonyl (C=O) groups is 4. The Kier molecular flexibility index (Phi) is 24.5. The standard InChI is InChI=1S/C50H72N12O6/c1-3-67-49(65)41-59-33-29-57(25-17-47(63)55-23-27-61(37-43-13-5-9-19-51-43)38-44-14-6-10-20-52-44)31-35-60(42-50(66)68-4-2)36-32-58(30-34-59)26-18-48(64)56-24-28-62(39-45-15-7-11-21-53-45)40-46-16-8-12-22-54-46/h5-16,19-22H,3-4,17-18,23-42H2,1-2H3,(H,55,63)(H,56,64). The minimum atomic E-state index is -0.294. The highest BCUT2D eigenvalue weighted by molar-refractivity contribution is 5.76. The van der Waals surface area contributed by atoms with Gasteiger partial charge in [0.2, 0.25) is 11.8 Å². The van der Waals surface area contributed by atoms with E-state index >= 15 is 0 Å². The van der Waals surface area contributed by atoms with E-state index in [0.29, 0.717) is 144 Å². The number of rotatable bonds is 26. The van der Waals surface area contributed by atoms with Crippen LogP contribution < -0.4 is 10.6 Å². The lowest BCUT2D eigenvalue weighted by Crippen LogP contribution is -2.48. The maximum absolute atomic E-state index is 13.3. The molecule has 1 aliphatic rings. The van der Waals surface area contributed by atoms with Crippen molar-refractivity contribution in [2.24, 2.45) is 0 Å². The van der Waals surface area contributed by atoms with Crippen molar-refractivity contribution >= 4 is 23.8 Å². The third-order valence-corrected chi connectivity index (χ3v) is 11.5. The number of pyridine rings is 4. The number of hydrogen-bond donors (Lipinski definition) is 2. The van der Waals surface area contributed by atoms with Crippen molar-refractivity contribution < 1.29 is 28.7 Å². The summed E-state index contributed by atoms with van der Waals surface area (Å²) in [6.07, 6.45) is 7.72. The molecule has 0 bridgehead atoms. The van der Waals surface area contributed by atoms with Gasteiger partial charge in [-0.05, 0) is 62.4 Å². The molecule has 0 aromatic carbocycles. The Hall–Kier alpha value is -5.76. The van der Waals surface area contributed by atoms with Crippen molar-refractivity contribution in [2.45, 2.75) is 52.9 Å². The highest BCUT2D eigenvalue weighted by Crippen LogP contribution is 2.09. The number of amides is 2. The van der Waals surface area contributed by atoms with Crippen LogP contribution in [-0.2, 0) is 54.8 Å². The summed E-state index contributed by atoms with van der Waals surface area (Å²) in [5, 5.41) is 6.23.